The largest absolute Gasteiger partial charge is 0.492 e. The van der Waals surface area contributed by atoms with Crippen LogP contribution in [0.4, 0.5) is 4.39 Å². The molecule has 1 aromatic carbocycles. The lowest BCUT2D eigenvalue weighted by atomic mass is 9.84. The molecule has 1 fully saturated rings. The molecule has 0 N–H and O–H groups in total. The summed E-state index contributed by atoms with van der Waals surface area (Å²) in [7, 11) is 0. The molecule has 4 nitrogen and oxygen atoms in total. The van der Waals surface area contributed by atoms with Crippen LogP contribution in [0, 0.1) is 11.2 Å². The Morgan fingerprint density at radius 1 is 1.52 bits per heavy atom. The Labute approximate surface area is 139 Å². The highest BCUT2D eigenvalue weighted by Gasteiger charge is 2.38. The van der Waals surface area contributed by atoms with E-state index in [1.165, 1.54) is 18.2 Å². The first-order chi connectivity index (χ1) is 11.0. The molecule has 2 aromatic rings. The van der Waals surface area contributed by atoms with Gasteiger partial charge in [0.25, 0.3) is 0 Å². The minimum absolute atomic E-state index is 0.119. The van der Waals surface area contributed by atoms with Gasteiger partial charge in [-0.15, -0.1) is 0 Å². The Morgan fingerprint density at radius 2 is 2.35 bits per heavy atom. The Balaban J connectivity index is 2.07. The normalized spacial score (nSPS) is 22.8. The molecular formula is C17H18ClFN2O2. The molecule has 3 rings (SSSR count). The molecule has 0 radical (unpaired) electrons. The van der Waals surface area contributed by atoms with E-state index in [0.29, 0.717) is 18.2 Å². The maximum Gasteiger partial charge on any atom is 0.244 e. The van der Waals surface area contributed by atoms with Gasteiger partial charge in [0.2, 0.25) is 5.88 Å². The van der Waals surface area contributed by atoms with Gasteiger partial charge in [0.15, 0.2) is 5.76 Å². The molecule has 1 aliphatic rings. The van der Waals surface area contributed by atoms with Crippen LogP contribution >= 0.6 is 11.6 Å². The van der Waals surface area contributed by atoms with E-state index in [-0.39, 0.29) is 10.4 Å². The van der Waals surface area contributed by atoms with Gasteiger partial charge in [0.1, 0.15) is 17.9 Å². The van der Waals surface area contributed by atoms with Crippen molar-refractivity contribution in [2.75, 3.05) is 6.61 Å². The van der Waals surface area contributed by atoms with Gasteiger partial charge in [-0.05, 0) is 31.0 Å². The van der Waals surface area contributed by atoms with Crippen molar-refractivity contribution in [3.05, 3.63) is 53.5 Å². The quantitative estimate of drug-likeness (QED) is 0.758. The number of aromatic nitrogens is 2. The monoisotopic (exact) mass is 336 g/mol. The summed E-state index contributed by atoms with van der Waals surface area (Å²) in [4.78, 5) is 4.07. The lowest BCUT2D eigenvalue weighted by molar-refractivity contribution is 0.231. The van der Waals surface area contributed by atoms with Crippen LogP contribution in [0.5, 0.6) is 5.75 Å². The van der Waals surface area contributed by atoms with Crippen LogP contribution in [-0.4, -0.2) is 16.2 Å². The number of ether oxygens (including phenoxy) is 2. The van der Waals surface area contributed by atoms with Crippen LogP contribution in [0.3, 0.4) is 0 Å². The zero-order valence-electron chi connectivity index (χ0n) is 13.1. The Kier molecular flexibility index (Phi) is 4.31. The zero-order chi connectivity index (χ0) is 16.4. The number of rotatable bonds is 4. The fraction of sp³-hybridized carbons (Fsp3) is 0.353. The van der Waals surface area contributed by atoms with Crippen molar-refractivity contribution in [3.63, 3.8) is 0 Å². The van der Waals surface area contributed by atoms with Crippen molar-refractivity contribution < 1.29 is 13.9 Å². The molecule has 1 aliphatic heterocycles. The molecule has 0 bridgehead atoms. The minimum atomic E-state index is -0.408. The number of benzene rings is 1. The number of halogens is 2. The lowest BCUT2D eigenvalue weighted by Crippen LogP contribution is -2.18. The highest BCUT2D eigenvalue weighted by atomic mass is 35.5. The van der Waals surface area contributed by atoms with E-state index in [1.54, 1.807) is 23.3 Å². The Morgan fingerprint density at radius 3 is 3.00 bits per heavy atom. The number of hydrogen-bond acceptors (Lipinski definition) is 3. The van der Waals surface area contributed by atoms with Crippen molar-refractivity contribution >= 4 is 17.5 Å². The van der Waals surface area contributed by atoms with Crippen molar-refractivity contribution in [2.24, 2.45) is 5.41 Å². The Bertz CT molecular complexity index is 730. The highest BCUT2D eigenvalue weighted by Crippen LogP contribution is 2.44. The summed E-state index contributed by atoms with van der Waals surface area (Å²) in [6.45, 7) is 4.89. The number of imidazole rings is 1. The molecule has 6 heteroatoms. The van der Waals surface area contributed by atoms with Gasteiger partial charge in [-0.1, -0.05) is 25.4 Å². The van der Waals surface area contributed by atoms with Crippen LogP contribution in [0.25, 0.3) is 5.88 Å². The van der Waals surface area contributed by atoms with Gasteiger partial charge in [0, 0.05) is 17.8 Å². The molecule has 0 spiro atoms. The maximum atomic E-state index is 13.2. The number of hydrogen-bond donors (Lipinski definition) is 0. The van der Waals surface area contributed by atoms with E-state index < -0.39 is 5.82 Å². The fourth-order valence-corrected chi connectivity index (χ4v) is 2.79. The van der Waals surface area contributed by atoms with Crippen LogP contribution in [0.1, 0.15) is 26.7 Å². The summed E-state index contributed by atoms with van der Waals surface area (Å²) in [5.74, 6) is 1.24. The summed E-state index contributed by atoms with van der Waals surface area (Å²) in [5.41, 5.74) is -0.119. The van der Waals surface area contributed by atoms with Crippen LogP contribution in [0.15, 0.2) is 42.7 Å². The summed E-state index contributed by atoms with van der Waals surface area (Å²) >= 11 is 6.09. The van der Waals surface area contributed by atoms with E-state index in [4.69, 9.17) is 21.1 Å². The minimum Gasteiger partial charge on any atom is -0.492 e. The SMILES string of the molecule is CCC1(C)CCOC1=C(Oc1ccc(F)cc1Cl)n1ccnc1. The van der Waals surface area contributed by atoms with Gasteiger partial charge in [-0.2, -0.15) is 0 Å². The van der Waals surface area contributed by atoms with Gasteiger partial charge in [0.05, 0.1) is 11.6 Å². The van der Waals surface area contributed by atoms with Gasteiger partial charge in [-0.25, -0.2) is 9.37 Å². The Hall–Kier alpha value is -2.01. The smallest absolute Gasteiger partial charge is 0.244 e. The third-order valence-corrected chi connectivity index (χ3v) is 4.56. The van der Waals surface area contributed by atoms with Crippen molar-refractivity contribution in [1.82, 2.24) is 9.55 Å². The first-order valence-electron chi connectivity index (χ1n) is 7.52. The van der Waals surface area contributed by atoms with Crippen molar-refractivity contribution in [1.29, 1.82) is 0 Å². The predicted molar refractivity (Wildman–Crippen MR) is 86.4 cm³/mol. The molecular weight excluding hydrogens is 319 g/mol. The van der Waals surface area contributed by atoms with E-state index in [0.717, 1.165) is 18.6 Å². The van der Waals surface area contributed by atoms with E-state index in [9.17, 15) is 4.39 Å². The topological polar surface area (TPSA) is 36.3 Å². The molecule has 0 aliphatic carbocycles. The highest BCUT2D eigenvalue weighted by molar-refractivity contribution is 6.32. The standard InChI is InChI=1S/C17H18ClFN2O2/c1-3-17(2)6-9-22-15(17)16(21-8-7-20-11-21)23-14-5-4-12(19)10-13(14)18/h4-5,7-8,10-11H,3,6,9H2,1-2H3. The van der Waals surface area contributed by atoms with E-state index >= 15 is 0 Å². The maximum absolute atomic E-state index is 13.2. The summed E-state index contributed by atoms with van der Waals surface area (Å²) < 4.78 is 26.9. The van der Waals surface area contributed by atoms with Gasteiger partial charge in [-0.3, -0.25) is 4.57 Å². The van der Waals surface area contributed by atoms with Crippen molar-refractivity contribution in [3.8, 4) is 5.75 Å². The average molecular weight is 337 g/mol. The second kappa shape index (κ2) is 6.24. The zero-order valence-corrected chi connectivity index (χ0v) is 13.8. The molecule has 1 atom stereocenters. The molecule has 1 unspecified atom stereocenters. The first-order valence-corrected chi connectivity index (χ1v) is 7.90. The van der Waals surface area contributed by atoms with E-state index in [2.05, 4.69) is 18.8 Å². The van der Waals surface area contributed by atoms with E-state index in [1.807, 2.05) is 0 Å². The molecule has 2 heterocycles. The van der Waals surface area contributed by atoms with Crippen molar-refractivity contribution in [2.45, 2.75) is 26.7 Å². The number of allylic oxidation sites excluding steroid dienone is 1. The second-order valence-corrected chi connectivity index (χ2v) is 6.20. The molecule has 0 amide bonds. The molecule has 0 saturated carbocycles. The summed E-state index contributed by atoms with van der Waals surface area (Å²) in [6.07, 6.45) is 6.90. The summed E-state index contributed by atoms with van der Waals surface area (Å²) in [6, 6.07) is 4.04. The first kappa shape index (κ1) is 15.9. The summed E-state index contributed by atoms with van der Waals surface area (Å²) in [5, 5.41) is 0.208. The number of nitrogens with zero attached hydrogens (tertiary/aromatic N) is 2. The molecule has 1 aromatic heterocycles. The third-order valence-electron chi connectivity index (χ3n) is 4.26. The predicted octanol–water partition coefficient (Wildman–Crippen LogP) is 4.72. The third kappa shape index (κ3) is 3.06. The van der Waals surface area contributed by atoms with Gasteiger partial charge >= 0.3 is 0 Å². The van der Waals surface area contributed by atoms with Crippen LogP contribution in [-0.2, 0) is 4.74 Å². The molecule has 122 valence electrons. The van der Waals surface area contributed by atoms with Crippen LogP contribution in [0.2, 0.25) is 5.02 Å². The molecule has 23 heavy (non-hydrogen) atoms. The second-order valence-electron chi connectivity index (χ2n) is 5.79. The average Bonchev–Trinajstić information content (AvgIpc) is 3.17. The lowest BCUT2D eigenvalue weighted by Gasteiger charge is -2.24. The van der Waals surface area contributed by atoms with Crippen LogP contribution < -0.4 is 4.74 Å². The fourth-order valence-electron chi connectivity index (χ4n) is 2.58. The molecule has 1 saturated heterocycles. The van der Waals surface area contributed by atoms with Gasteiger partial charge < -0.3 is 9.47 Å².